The molecule has 0 bridgehead atoms. The minimum absolute atomic E-state index is 0.105. The molecule has 30 heavy (non-hydrogen) atoms. The largest absolute Gasteiger partial charge is 0.480 e. The molecule has 0 saturated heterocycles. The fourth-order valence-electron chi connectivity index (χ4n) is 2.16. The summed E-state index contributed by atoms with van der Waals surface area (Å²) in [5.74, 6) is -2.50. The van der Waals surface area contributed by atoms with Gasteiger partial charge in [0.05, 0.1) is 13.2 Å². The highest BCUT2D eigenvalue weighted by atomic mass is 31.2. The standard InChI is InChI=1S/C18H34NO10P/c1-3-5-6-7-8-9-10-17(21)29-14(11-26-16(20)4-2)12-27-30(24,25)28-13-15(19)18(22)23/h14-15H,3-13,19H2,1-2H3,(H,22,23)(H,24,25). The van der Waals surface area contributed by atoms with Crippen molar-refractivity contribution in [2.45, 2.75) is 77.4 Å². The molecule has 0 spiro atoms. The Kier molecular flexibility index (Phi) is 15.4. The van der Waals surface area contributed by atoms with Crippen molar-refractivity contribution in [3.05, 3.63) is 0 Å². The van der Waals surface area contributed by atoms with Gasteiger partial charge in [-0.1, -0.05) is 46.0 Å². The van der Waals surface area contributed by atoms with E-state index in [1.807, 2.05) is 0 Å². The fourth-order valence-corrected chi connectivity index (χ4v) is 2.94. The van der Waals surface area contributed by atoms with Crippen LogP contribution in [0.2, 0.25) is 0 Å². The van der Waals surface area contributed by atoms with Crippen LogP contribution in [0.15, 0.2) is 0 Å². The summed E-state index contributed by atoms with van der Waals surface area (Å²) >= 11 is 0. The molecule has 0 saturated carbocycles. The molecule has 0 amide bonds. The summed E-state index contributed by atoms with van der Waals surface area (Å²) in [6, 6.07) is -1.51. The lowest BCUT2D eigenvalue weighted by molar-refractivity contribution is -0.161. The number of rotatable bonds is 18. The fraction of sp³-hybridized carbons (Fsp3) is 0.833. The van der Waals surface area contributed by atoms with Gasteiger partial charge < -0.3 is 25.2 Å². The summed E-state index contributed by atoms with van der Waals surface area (Å²) in [4.78, 5) is 43.6. The first kappa shape index (κ1) is 28.5. The molecule has 12 heteroatoms. The van der Waals surface area contributed by atoms with Gasteiger partial charge in [-0.15, -0.1) is 0 Å². The van der Waals surface area contributed by atoms with E-state index in [0.29, 0.717) is 6.42 Å². The van der Waals surface area contributed by atoms with Gasteiger partial charge in [-0.2, -0.15) is 0 Å². The Morgan fingerprint density at radius 3 is 2.13 bits per heavy atom. The molecule has 0 aromatic heterocycles. The first-order valence-electron chi connectivity index (χ1n) is 10.1. The number of carbonyl (C=O) groups is 3. The Morgan fingerprint density at radius 2 is 1.53 bits per heavy atom. The van der Waals surface area contributed by atoms with Crippen molar-refractivity contribution in [1.29, 1.82) is 0 Å². The van der Waals surface area contributed by atoms with Gasteiger partial charge in [-0.25, -0.2) is 4.57 Å². The lowest BCUT2D eigenvalue weighted by Crippen LogP contribution is -2.34. The molecular weight excluding hydrogens is 421 g/mol. The molecule has 0 rings (SSSR count). The summed E-state index contributed by atoms with van der Waals surface area (Å²) in [7, 11) is -4.65. The third-order valence-electron chi connectivity index (χ3n) is 3.91. The van der Waals surface area contributed by atoms with Crippen molar-refractivity contribution in [3.63, 3.8) is 0 Å². The highest BCUT2D eigenvalue weighted by Gasteiger charge is 2.27. The van der Waals surface area contributed by atoms with Gasteiger partial charge in [0.2, 0.25) is 0 Å². The number of unbranched alkanes of at least 4 members (excludes halogenated alkanes) is 5. The van der Waals surface area contributed by atoms with Gasteiger partial charge in [0.25, 0.3) is 0 Å². The second-order valence-corrected chi connectivity index (χ2v) is 8.12. The molecule has 0 aliphatic rings. The number of aliphatic carboxylic acids is 1. The third kappa shape index (κ3) is 15.3. The lowest BCUT2D eigenvalue weighted by Gasteiger charge is -2.20. The number of ether oxygens (including phenoxy) is 2. The van der Waals surface area contributed by atoms with Crippen molar-refractivity contribution in [2.75, 3.05) is 19.8 Å². The van der Waals surface area contributed by atoms with Crippen molar-refractivity contribution >= 4 is 25.7 Å². The molecule has 176 valence electrons. The SMILES string of the molecule is CCCCCCCCC(=O)OC(COC(=O)CC)COP(=O)(O)OCC(N)C(=O)O. The highest BCUT2D eigenvalue weighted by Crippen LogP contribution is 2.43. The molecular formula is C18H34NO10P. The first-order valence-corrected chi connectivity index (χ1v) is 11.6. The van der Waals surface area contributed by atoms with E-state index in [9.17, 15) is 23.8 Å². The van der Waals surface area contributed by atoms with Gasteiger partial charge in [0.15, 0.2) is 6.10 Å². The van der Waals surface area contributed by atoms with Crippen LogP contribution in [-0.4, -0.2) is 59.9 Å². The Balaban J connectivity index is 4.54. The molecule has 0 fully saturated rings. The minimum atomic E-state index is -4.65. The number of carbonyl (C=O) groups excluding carboxylic acids is 2. The lowest BCUT2D eigenvalue weighted by atomic mass is 10.1. The predicted molar refractivity (Wildman–Crippen MR) is 106 cm³/mol. The Morgan fingerprint density at radius 1 is 0.933 bits per heavy atom. The van der Waals surface area contributed by atoms with Crippen LogP contribution in [0.5, 0.6) is 0 Å². The monoisotopic (exact) mass is 455 g/mol. The number of phosphoric ester groups is 1. The topological polar surface area (TPSA) is 172 Å². The highest BCUT2D eigenvalue weighted by molar-refractivity contribution is 7.47. The zero-order chi connectivity index (χ0) is 23.0. The minimum Gasteiger partial charge on any atom is -0.480 e. The number of hydrogen-bond donors (Lipinski definition) is 3. The maximum absolute atomic E-state index is 12.0. The maximum atomic E-state index is 12.0. The molecule has 4 N–H and O–H groups in total. The normalized spacial score (nSPS) is 15.1. The molecule has 0 radical (unpaired) electrons. The van der Waals surface area contributed by atoms with Crippen LogP contribution < -0.4 is 5.73 Å². The molecule has 0 aliphatic heterocycles. The Labute approximate surface area is 176 Å². The van der Waals surface area contributed by atoms with E-state index in [1.165, 1.54) is 0 Å². The van der Waals surface area contributed by atoms with Crippen LogP contribution >= 0.6 is 7.82 Å². The second-order valence-electron chi connectivity index (χ2n) is 6.67. The van der Waals surface area contributed by atoms with E-state index in [1.54, 1.807) is 6.92 Å². The number of phosphoric acid groups is 1. The van der Waals surface area contributed by atoms with Crippen molar-refractivity contribution in [2.24, 2.45) is 5.73 Å². The van der Waals surface area contributed by atoms with Crippen LogP contribution in [0.3, 0.4) is 0 Å². The zero-order valence-electron chi connectivity index (χ0n) is 17.6. The first-order chi connectivity index (χ1) is 14.1. The molecule has 11 nitrogen and oxygen atoms in total. The van der Waals surface area contributed by atoms with Gasteiger partial charge in [-0.05, 0) is 6.42 Å². The predicted octanol–water partition coefficient (Wildman–Crippen LogP) is 2.15. The molecule has 0 aliphatic carbocycles. The molecule has 0 heterocycles. The second kappa shape index (κ2) is 16.2. The van der Waals surface area contributed by atoms with Crippen molar-refractivity contribution < 1.29 is 47.5 Å². The van der Waals surface area contributed by atoms with Crippen LogP contribution in [0.1, 0.15) is 65.2 Å². The summed E-state index contributed by atoms with van der Waals surface area (Å²) in [6.07, 6.45) is 5.06. The number of hydrogen-bond acceptors (Lipinski definition) is 9. The van der Waals surface area contributed by atoms with Crippen LogP contribution in [-0.2, 0) is 37.5 Å². The molecule has 0 aromatic carbocycles. The summed E-state index contributed by atoms with van der Waals surface area (Å²) < 4.78 is 31.2. The van der Waals surface area contributed by atoms with E-state index in [-0.39, 0.29) is 19.4 Å². The van der Waals surface area contributed by atoms with E-state index in [4.69, 9.17) is 24.8 Å². The van der Waals surface area contributed by atoms with Gasteiger partial charge in [-0.3, -0.25) is 23.4 Å². The van der Waals surface area contributed by atoms with Crippen molar-refractivity contribution in [1.82, 2.24) is 0 Å². The average Bonchev–Trinajstić information content (AvgIpc) is 2.70. The zero-order valence-corrected chi connectivity index (χ0v) is 18.5. The quantitative estimate of drug-likeness (QED) is 0.157. The Bertz CT molecular complexity index is 571. The number of carboxylic acid groups (broad SMARTS) is 1. The Hall–Kier alpha value is -1.52. The number of nitrogens with two attached hydrogens (primary N) is 1. The summed E-state index contributed by atoms with van der Waals surface area (Å²) in [6.45, 7) is 2.00. The molecule has 3 atom stereocenters. The van der Waals surface area contributed by atoms with E-state index in [2.05, 4.69) is 11.4 Å². The van der Waals surface area contributed by atoms with Gasteiger partial charge >= 0.3 is 25.7 Å². The van der Waals surface area contributed by atoms with Crippen LogP contribution in [0.25, 0.3) is 0 Å². The molecule has 3 unspecified atom stereocenters. The third-order valence-corrected chi connectivity index (χ3v) is 4.86. The maximum Gasteiger partial charge on any atom is 0.472 e. The van der Waals surface area contributed by atoms with E-state index >= 15 is 0 Å². The van der Waals surface area contributed by atoms with Crippen LogP contribution in [0.4, 0.5) is 0 Å². The number of carboxylic acids is 1. The average molecular weight is 455 g/mol. The van der Waals surface area contributed by atoms with E-state index in [0.717, 1.165) is 32.1 Å². The summed E-state index contributed by atoms with van der Waals surface area (Å²) in [5.41, 5.74) is 5.19. The smallest absolute Gasteiger partial charge is 0.472 e. The van der Waals surface area contributed by atoms with Gasteiger partial charge in [0, 0.05) is 12.8 Å². The van der Waals surface area contributed by atoms with Gasteiger partial charge in [0.1, 0.15) is 12.6 Å². The number of esters is 2. The summed E-state index contributed by atoms with van der Waals surface area (Å²) in [5, 5.41) is 8.65. The molecule has 0 aromatic rings. The van der Waals surface area contributed by atoms with E-state index < -0.39 is 51.1 Å². The van der Waals surface area contributed by atoms with Crippen molar-refractivity contribution in [3.8, 4) is 0 Å². The van der Waals surface area contributed by atoms with Crippen LogP contribution in [0, 0.1) is 0 Å².